The Balaban J connectivity index is -0.0000000865. The van der Waals surface area contributed by atoms with Crippen LogP contribution in [-0.4, -0.2) is 16.8 Å². The van der Waals surface area contributed by atoms with Crippen LogP contribution in [0.2, 0.25) is 0 Å². The van der Waals surface area contributed by atoms with E-state index in [4.69, 9.17) is 0 Å². The van der Waals surface area contributed by atoms with Gasteiger partial charge in [0.1, 0.15) is 0 Å². The van der Waals surface area contributed by atoms with Crippen molar-refractivity contribution in [3.63, 3.8) is 0 Å². The molecule has 0 spiro atoms. The third-order valence-corrected chi connectivity index (χ3v) is 0.750. The Labute approximate surface area is 127 Å². The normalized spacial score (nSPS) is 11.4. The van der Waals surface area contributed by atoms with E-state index in [9.17, 15) is 15.8 Å². The molecule has 7 heteroatoms. The van der Waals surface area contributed by atoms with Gasteiger partial charge in [-0.2, -0.15) is 0 Å². The predicted octanol–water partition coefficient (Wildman–Crippen LogP) is 0.228. The van der Waals surface area contributed by atoms with Crippen molar-refractivity contribution in [2.24, 2.45) is 0 Å². The molecule has 0 amide bonds. The van der Waals surface area contributed by atoms with Crippen molar-refractivity contribution < 1.29 is 47.5 Å². The van der Waals surface area contributed by atoms with Gasteiger partial charge in [-0.15, -0.1) is 0 Å². The first-order valence-electron chi connectivity index (χ1n) is 5.61. The fourth-order valence-corrected chi connectivity index (χ4v) is 0. The summed E-state index contributed by atoms with van der Waals surface area (Å²) in [5, 5.41) is 28.4. The molecule has 0 fully saturated rings. The molecule has 1 radical (unpaired) electrons. The fraction of sp³-hybridized carbons (Fsp3) is 1.00. The predicted molar refractivity (Wildman–Crippen MR) is 62.5 cm³/mol. The smallest absolute Gasteiger partial charge is 0.723 e. The van der Waals surface area contributed by atoms with Crippen LogP contribution in [0.3, 0.4) is 0 Å². The third-order valence-electron chi connectivity index (χ3n) is 0.750. The van der Waals surface area contributed by atoms with E-state index < -0.39 is 16.8 Å². The van der Waals surface area contributed by atoms with Crippen LogP contribution in [0.1, 0.15) is 62.3 Å². The first-order valence-corrected chi connectivity index (χ1v) is 5.61. The number of rotatable bonds is 0. The molecule has 0 aromatic heterocycles. The Morgan fingerprint density at radius 3 is 0.526 bits per heavy atom. The zero-order valence-electron chi connectivity index (χ0n) is 13.3. The van der Waals surface area contributed by atoms with Gasteiger partial charge in [-0.3, -0.25) is 0 Å². The van der Waals surface area contributed by atoms with E-state index >= 15 is 0 Å². The molecule has 6 nitrogen and oxygen atoms in total. The van der Waals surface area contributed by atoms with Crippen LogP contribution in [0.25, 0.3) is 0 Å². The third kappa shape index (κ3) is 56.3. The summed E-state index contributed by atoms with van der Waals surface area (Å²) in [4.78, 5) is 11.1. The van der Waals surface area contributed by atoms with Crippen molar-refractivity contribution in [3.05, 3.63) is 0 Å². The van der Waals surface area contributed by atoms with Crippen molar-refractivity contribution in [1.29, 1.82) is 0 Å². The molecule has 0 heterocycles. The molecule has 0 aliphatic rings. The molecular formula is C12H27FeO6. The minimum Gasteiger partial charge on any atom is -0.723 e. The van der Waals surface area contributed by atoms with Crippen LogP contribution in [-0.2, 0) is 31.7 Å². The summed E-state index contributed by atoms with van der Waals surface area (Å²) in [5.41, 5.74) is -1.54. The molecule has 0 aromatic rings. The molecule has 0 aromatic carbocycles. The van der Waals surface area contributed by atoms with Gasteiger partial charge < -0.3 is 30.4 Å². The molecular weight excluding hydrogens is 296 g/mol. The summed E-state index contributed by atoms with van der Waals surface area (Å²) in [6, 6.07) is 0. The first-order chi connectivity index (χ1) is 7.68. The molecule has 0 saturated carbocycles. The quantitative estimate of drug-likeness (QED) is 0.360. The van der Waals surface area contributed by atoms with Gasteiger partial charge in [-0.1, -0.05) is 0 Å². The van der Waals surface area contributed by atoms with Gasteiger partial charge >= 0.3 is 17.1 Å². The molecule has 0 bridgehead atoms. The van der Waals surface area contributed by atoms with Gasteiger partial charge in [-0.25, -0.2) is 0 Å². The molecule has 19 heavy (non-hydrogen) atoms. The molecule has 0 saturated heterocycles. The van der Waals surface area contributed by atoms with Crippen LogP contribution in [0.4, 0.5) is 0 Å². The Bertz CT molecular complexity index is 145. The Kier molecular flexibility index (Phi) is 17.5. The summed E-state index contributed by atoms with van der Waals surface area (Å²) >= 11 is 0. The first kappa shape index (κ1) is 27.6. The second-order valence-electron chi connectivity index (χ2n) is 6.59. The average Bonchev–Trinajstić information content (AvgIpc) is 2.16. The van der Waals surface area contributed by atoms with E-state index in [1.807, 2.05) is 0 Å². The Morgan fingerprint density at radius 2 is 0.526 bits per heavy atom. The van der Waals surface area contributed by atoms with Crippen molar-refractivity contribution in [2.75, 3.05) is 0 Å². The minimum absolute atomic E-state index is 0. The van der Waals surface area contributed by atoms with Crippen LogP contribution >= 0.6 is 0 Å². The van der Waals surface area contributed by atoms with Gasteiger partial charge in [0.05, 0.1) is 0 Å². The van der Waals surface area contributed by atoms with E-state index in [0.717, 1.165) is 0 Å². The van der Waals surface area contributed by atoms with Crippen LogP contribution in [0, 0.1) is 0 Å². The average molecular weight is 323 g/mol. The monoisotopic (exact) mass is 323 g/mol. The maximum atomic E-state index is 9.45. The van der Waals surface area contributed by atoms with Crippen molar-refractivity contribution in [1.82, 2.24) is 0 Å². The van der Waals surface area contributed by atoms with Crippen molar-refractivity contribution >= 4 is 0 Å². The summed E-state index contributed by atoms with van der Waals surface area (Å²) in [7, 11) is 0. The van der Waals surface area contributed by atoms with Crippen molar-refractivity contribution in [3.8, 4) is 0 Å². The summed E-state index contributed by atoms with van der Waals surface area (Å²) in [6.45, 7) is 15.4. The van der Waals surface area contributed by atoms with Gasteiger partial charge in [0.25, 0.3) is 0 Å². The fourth-order valence-electron chi connectivity index (χ4n) is 0. The zero-order valence-corrected chi connectivity index (χ0v) is 14.4. The summed E-state index contributed by atoms with van der Waals surface area (Å²) < 4.78 is 0. The number of hydrogen-bond acceptors (Lipinski definition) is 6. The van der Waals surface area contributed by atoms with Crippen LogP contribution < -0.4 is 15.8 Å². The van der Waals surface area contributed by atoms with Crippen LogP contribution in [0.15, 0.2) is 0 Å². The van der Waals surface area contributed by atoms with E-state index in [1.54, 1.807) is 62.3 Å². The molecule has 0 atom stereocenters. The zero-order chi connectivity index (χ0) is 15.6. The summed E-state index contributed by atoms with van der Waals surface area (Å²) in [5.74, 6) is 0. The van der Waals surface area contributed by atoms with E-state index in [1.165, 1.54) is 0 Å². The molecule has 0 N–H and O–H groups in total. The van der Waals surface area contributed by atoms with Gasteiger partial charge in [0, 0.05) is 16.8 Å². The number of hydrogen-bond donors (Lipinski definition) is 0. The molecule has 0 rings (SSSR count). The summed E-state index contributed by atoms with van der Waals surface area (Å²) in [6.07, 6.45) is 0. The Hall–Kier alpha value is 0.279. The van der Waals surface area contributed by atoms with E-state index in [0.29, 0.717) is 0 Å². The van der Waals surface area contributed by atoms with Crippen LogP contribution in [0.5, 0.6) is 0 Å². The van der Waals surface area contributed by atoms with Gasteiger partial charge in [0.2, 0.25) is 0 Å². The minimum atomic E-state index is -0.514. The van der Waals surface area contributed by atoms with E-state index in [2.05, 4.69) is 14.7 Å². The van der Waals surface area contributed by atoms with Crippen molar-refractivity contribution in [2.45, 2.75) is 79.1 Å². The Morgan fingerprint density at radius 1 is 0.474 bits per heavy atom. The van der Waals surface area contributed by atoms with E-state index in [-0.39, 0.29) is 17.1 Å². The standard InChI is InChI=1S/3C4H10O2.Fe/c3*1-4(2,3)6-5;/h3*5H,1-3H3;/q;;;+3/p-3. The maximum absolute atomic E-state index is 9.45. The van der Waals surface area contributed by atoms with Gasteiger partial charge in [0.15, 0.2) is 0 Å². The topological polar surface area (TPSA) is 96.9 Å². The van der Waals surface area contributed by atoms with Gasteiger partial charge in [-0.05, 0) is 62.3 Å². The maximum Gasteiger partial charge on any atom is 3.00 e. The largest absolute Gasteiger partial charge is 3.00 e. The SMILES string of the molecule is CC(C)(C)O[O-].CC(C)(C)O[O-].CC(C)(C)O[O-].[Fe+3]. The second-order valence-corrected chi connectivity index (χ2v) is 6.59. The molecule has 119 valence electrons. The second kappa shape index (κ2) is 12.1. The molecule has 0 aliphatic heterocycles. The molecule has 0 aliphatic carbocycles. The molecule has 0 unspecified atom stereocenters.